The van der Waals surface area contributed by atoms with Crippen LogP contribution in [-0.2, 0) is 18.9 Å². The van der Waals surface area contributed by atoms with Gasteiger partial charge in [0.15, 0.2) is 0 Å². The molecule has 0 fully saturated rings. The Bertz CT molecular complexity index is 440. The maximum absolute atomic E-state index is 9.83. The summed E-state index contributed by atoms with van der Waals surface area (Å²) in [5.74, 6) is 0. The van der Waals surface area contributed by atoms with Gasteiger partial charge in [-0.3, -0.25) is 0 Å². The van der Waals surface area contributed by atoms with Crippen LogP contribution in [0.4, 0.5) is 24.0 Å². The minimum atomic E-state index is -1.83. The fourth-order valence-electron chi connectivity index (χ4n) is 0.653. The van der Waals surface area contributed by atoms with Gasteiger partial charge in [0, 0.05) is 0 Å². The molecule has 0 rings (SSSR count). The molecule has 0 saturated carbocycles. The number of rotatable bonds is 6. The van der Waals surface area contributed by atoms with Crippen LogP contribution in [0, 0.1) is 0 Å². The lowest BCUT2D eigenvalue weighted by atomic mass is 10.4. The maximum atomic E-state index is 9.83. The third kappa shape index (κ3) is 81.1. The minimum absolute atomic E-state index is 0.276. The van der Waals surface area contributed by atoms with Gasteiger partial charge in [-0.15, -0.1) is 26.3 Å². The molecule has 6 N–H and O–H groups in total. The maximum Gasteiger partial charge on any atom is 0.506 e. The molecule has 0 bridgehead atoms. The molecule has 0 heterocycles. The van der Waals surface area contributed by atoms with Crippen molar-refractivity contribution in [2.45, 2.75) is 13.0 Å². The average Bonchev–Trinajstić information content (AvgIpc) is 2.60. The zero-order chi connectivity index (χ0) is 24.4. The first-order chi connectivity index (χ1) is 13.4. The van der Waals surface area contributed by atoms with Crippen molar-refractivity contribution in [3.8, 4) is 0 Å². The Hall–Kier alpha value is -4.17. The van der Waals surface area contributed by atoms with Gasteiger partial charge >= 0.3 is 30.8 Å². The monoisotopic (exact) mass is 432 g/mol. The van der Waals surface area contributed by atoms with Crippen LogP contribution >= 0.6 is 0 Å². The molecular weight excluding hydrogens is 408 g/mol. The summed E-state index contributed by atoms with van der Waals surface area (Å²) in [5, 5.41) is 45.6. The summed E-state index contributed by atoms with van der Waals surface area (Å²) in [6.07, 6.45) is -8.41. The summed E-state index contributed by atoms with van der Waals surface area (Å²) >= 11 is 0. The summed E-state index contributed by atoms with van der Waals surface area (Å²) in [4.78, 5) is 47.4. The lowest BCUT2D eigenvalue weighted by molar-refractivity contribution is 0.0122. The predicted molar refractivity (Wildman–Crippen MR) is 93.7 cm³/mol. The van der Waals surface area contributed by atoms with Crippen molar-refractivity contribution in [2.75, 3.05) is 19.8 Å². The van der Waals surface area contributed by atoms with Gasteiger partial charge in [0.1, 0.15) is 25.9 Å². The summed E-state index contributed by atoms with van der Waals surface area (Å²) in [7, 11) is 0. The molecule has 15 heteroatoms. The SMILES string of the molecule is C=C.C=C.CC(COC(=O)O)OC(=O)O.O=C(O)O.O=C(O)OCCOC(=O)O. The molecule has 0 amide bonds. The average molecular weight is 432 g/mol. The van der Waals surface area contributed by atoms with Crippen molar-refractivity contribution >= 4 is 30.8 Å². The van der Waals surface area contributed by atoms with E-state index in [-0.39, 0.29) is 19.8 Å². The largest absolute Gasteiger partial charge is 0.506 e. The van der Waals surface area contributed by atoms with Gasteiger partial charge in [0.2, 0.25) is 0 Å². The fourth-order valence-corrected chi connectivity index (χ4v) is 0.653. The number of hydrogen-bond donors (Lipinski definition) is 6. The predicted octanol–water partition coefficient (Wildman–Crippen LogP) is 2.97. The highest BCUT2D eigenvalue weighted by Gasteiger charge is 2.09. The van der Waals surface area contributed by atoms with Crippen LogP contribution in [0.3, 0.4) is 0 Å². The van der Waals surface area contributed by atoms with Crippen LogP contribution in [0.2, 0.25) is 0 Å². The Morgan fingerprint density at radius 1 is 0.655 bits per heavy atom. The van der Waals surface area contributed by atoms with Gasteiger partial charge in [-0.1, -0.05) is 0 Å². The van der Waals surface area contributed by atoms with E-state index in [1.54, 1.807) is 0 Å². The highest BCUT2D eigenvalue weighted by atomic mass is 16.7. The van der Waals surface area contributed by atoms with Crippen LogP contribution < -0.4 is 0 Å². The van der Waals surface area contributed by atoms with Crippen LogP contribution in [0.1, 0.15) is 6.92 Å². The van der Waals surface area contributed by atoms with Crippen molar-refractivity contribution in [1.29, 1.82) is 0 Å². The molecule has 1 unspecified atom stereocenters. The van der Waals surface area contributed by atoms with E-state index in [1.165, 1.54) is 6.92 Å². The van der Waals surface area contributed by atoms with E-state index in [1.807, 2.05) is 0 Å². The van der Waals surface area contributed by atoms with E-state index < -0.39 is 36.9 Å². The minimum Gasteiger partial charge on any atom is -0.450 e. The molecule has 0 spiro atoms. The highest BCUT2D eigenvalue weighted by molar-refractivity contribution is 5.58. The van der Waals surface area contributed by atoms with Crippen molar-refractivity contribution in [1.82, 2.24) is 0 Å². The summed E-state index contributed by atoms with van der Waals surface area (Å²) in [5.41, 5.74) is 0. The Balaban J connectivity index is -0.0000000979. The Labute approximate surface area is 164 Å². The molecule has 0 aromatic rings. The Morgan fingerprint density at radius 3 is 1.14 bits per heavy atom. The van der Waals surface area contributed by atoms with E-state index >= 15 is 0 Å². The summed E-state index contributed by atoms with van der Waals surface area (Å²) < 4.78 is 16.0. The molecule has 1 atom stereocenters. The Kier molecular flexibility index (Phi) is 35.4. The zero-order valence-corrected chi connectivity index (χ0v) is 15.4. The summed E-state index contributed by atoms with van der Waals surface area (Å²) in [6, 6.07) is 0. The second kappa shape index (κ2) is 28.6. The second-order valence-electron chi connectivity index (χ2n) is 3.28. The lowest BCUT2D eigenvalue weighted by Gasteiger charge is -2.08. The van der Waals surface area contributed by atoms with Crippen molar-refractivity contribution in [2.24, 2.45) is 0 Å². The highest BCUT2D eigenvalue weighted by Crippen LogP contribution is 1.92. The van der Waals surface area contributed by atoms with Crippen LogP contribution in [0.15, 0.2) is 26.3 Å². The van der Waals surface area contributed by atoms with Crippen molar-refractivity contribution < 1.29 is 73.6 Å². The van der Waals surface area contributed by atoms with E-state index in [9.17, 15) is 19.2 Å². The van der Waals surface area contributed by atoms with Crippen LogP contribution in [-0.4, -0.2) is 87.3 Å². The number of carbonyl (C=O) groups is 5. The molecule has 0 aromatic carbocycles. The molecule has 0 aromatic heterocycles. The third-order valence-corrected chi connectivity index (χ3v) is 1.28. The molecule has 29 heavy (non-hydrogen) atoms. The first-order valence-electron chi connectivity index (χ1n) is 6.77. The Morgan fingerprint density at radius 2 is 0.931 bits per heavy atom. The second-order valence-corrected chi connectivity index (χ2v) is 3.28. The van der Waals surface area contributed by atoms with Crippen LogP contribution in [0.25, 0.3) is 0 Å². The van der Waals surface area contributed by atoms with Gasteiger partial charge in [-0.25, -0.2) is 24.0 Å². The van der Waals surface area contributed by atoms with E-state index in [0.717, 1.165) is 0 Å². The summed E-state index contributed by atoms with van der Waals surface area (Å²) in [6.45, 7) is 12.5. The molecule has 0 aliphatic rings. The fraction of sp³-hybridized carbons (Fsp3) is 0.357. The van der Waals surface area contributed by atoms with Crippen molar-refractivity contribution in [3.05, 3.63) is 26.3 Å². The van der Waals surface area contributed by atoms with Gasteiger partial charge in [-0.2, -0.15) is 0 Å². The van der Waals surface area contributed by atoms with Gasteiger partial charge in [0.05, 0.1) is 0 Å². The number of carboxylic acid groups (broad SMARTS) is 6. The molecule has 0 aliphatic heterocycles. The molecule has 0 saturated heterocycles. The zero-order valence-electron chi connectivity index (χ0n) is 15.4. The molecule has 15 nitrogen and oxygen atoms in total. The molecule has 0 aliphatic carbocycles. The lowest BCUT2D eigenvalue weighted by Crippen LogP contribution is -2.20. The van der Waals surface area contributed by atoms with Gasteiger partial charge in [0.25, 0.3) is 0 Å². The molecular formula is C14H24O15. The third-order valence-electron chi connectivity index (χ3n) is 1.28. The van der Waals surface area contributed by atoms with Gasteiger partial charge in [-0.05, 0) is 6.92 Å². The first kappa shape index (κ1) is 35.9. The molecule has 0 radical (unpaired) electrons. The standard InChI is InChI=1S/C5H8O6.C4H6O6.2C2H4.CH2O3/c1-3(11-5(8)9)2-10-4(6)7;5-3(6)9-1-2-10-4(7)8;2*1-2;2-1(3)4/h3H,2H2,1H3,(H,6,7)(H,8,9);1-2H2,(H,5,6)(H,7,8);2*1-2H2;(H2,2,3,4). The van der Waals surface area contributed by atoms with Crippen molar-refractivity contribution in [3.63, 3.8) is 0 Å². The first-order valence-corrected chi connectivity index (χ1v) is 6.77. The quantitative estimate of drug-likeness (QED) is 0.153. The number of hydrogen-bond acceptors (Lipinski definition) is 9. The van der Waals surface area contributed by atoms with E-state index in [0.29, 0.717) is 0 Å². The smallest absolute Gasteiger partial charge is 0.450 e. The normalized spacial score (nSPS) is 8.45. The topological polar surface area (TPSA) is 244 Å². The van der Waals surface area contributed by atoms with E-state index in [2.05, 4.69) is 45.3 Å². The number of ether oxygens (including phenoxy) is 4. The van der Waals surface area contributed by atoms with Gasteiger partial charge < -0.3 is 49.6 Å². The van der Waals surface area contributed by atoms with E-state index in [4.69, 9.17) is 35.4 Å². The van der Waals surface area contributed by atoms with Crippen LogP contribution in [0.5, 0.6) is 0 Å². The molecule has 170 valence electrons.